The minimum atomic E-state index is -0.503. The van der Waals surface area contributed by atoms with Gasteiger partial charge in [0.2, 0.25) is 0 Å². The second kappa shape index (κ2) is 5.48. The molecule has 108 valence electrons. The monoisotopic (exact) mass is 342 g/mol. The van der Waals surface area contributed by atoms with Crippen LogP contribution in [0.25, 0.3) is 16.7 Å². The molecular formula is C15H10Cl3FN2. The van der Waals surface area contributed by atoms with Crippen LogP contribution in [0.5, 0.6) is 0 Å². The lowest BCUT2D eigenvalue weighted by Crippen LogP contribution is -2.02. The van der Waals surface area contributed by atoms with E-state index in [4.69, 9.17) is 34.8 Å². The first kappa shape index (κ1) is 14.6. The third-order valence-electron chi connectivity index (χ3n) is 3.17. The van der Waals surface area contributed by atoms with E-state index in [-0.39, 0.29) is 10.4 Å². The van der Waals surface area contributed by atoms with Crippen LogP contribution >= 0.6 is 34.8 Å². The first-order chi connectivity index (χ1) is 9.99. The maximum atomic E-state index is 13.8. The van der Waals surface area contributed by atoms with Crippen molar-refractivity contribution in [1.29, 1.82) is 0 Å². The molecule has 0 fully saturated rings. The summed E-state index contributed by atoms with van der Waals surface area (Å²) in [5.41, 5.74) is 1.98. The second-order valence-electron chi connectivity index (χ2n) is 4.63. The van der Waals surface area contributed by atoms with Crippen LogP contribution in [0, 0.1) is 5.82 Å². The Balaban J connectivity index is 2.38. The lowest BCUT2D eigenvalue weighted by atomic mass is 10.2. The number of hydrogen-bond acceptors (Lipinski definition) is 1. The Kier molecular flexibility index (Phi) is 3.82. The molecule has 0 saturated heterocycles. The number of halogens is 4. The summed E-state index contributed by atoms with van der Waals surface area (Å²) in [5.74, 6) is 0.0951. The van der Waals surface area contributed by atoms with Crippen LogP contribution in [-0.4, -0.2) is 9.55 Å². The van der Waals surface area contributed by atoms with Gasteiger partial charge in [-0.25, -0.2) is 9.37 Å². The van der Waals surface area contributed by atoms with Crippen LogP contribution in [0.3, 0.4) is 0 Å². The Morgan fingerprint density at radius 3 is 2.57 bits per heavy atom. The molecule has 2 aromatic carbocycles. The van der Waals surface area contributed by atoms with Crippen LogP contribution < -0.4 is 0 Å². The molecule has 0 aliphatic heterocycles. The molecular weight excluding hydrogens is 334 g/mol. The highest BCUT2D eigenvalue weighted by Gasteiger charge is 2.18. The average Bonchev–Trinajstić information content (AvgIpc) is 2.83. The van der Waals surface area contributed by atoms with Crippen LogP contribution in [-0.2, 0) is 0 Å². The van der Waals surface area contributed by atoms with Crippen LogP contribution in [0.15, 0.2) is 36.4 Å². The number of alkyl halides is 1. The Labute approximate surface area is 136 Å². The average molecular weight is 344 g/mol. The Bertz CT molecular complexity index is 827. The molecule has 3 rings (SSSR count). The van der Waals surface area contributed by atoms with Gasteiger partial charge in [0, 0.05) is 0 Å². The smallest absolute Gasteiger partial charge is 0.143 e. The SMILES string of the molecule is CC(Cl)c1nc2cccc(Cl)c2n1-c1ccc(Cl)c(F)c1. The fourth-order valence-corrected chi connectivity index (χ4v) is 2.77. The molecule has 6 heteroatoms. The summed E-state index contributed by atoms with van der Waals surface area (Å²) in [7, 11) is 0. The lowest BCUT2D eigenvalue weighted by molar-refractivity contribution is 0.627. The molecule has 0 aliphatic carbocycles. The van der Waals surface area contributed by atoms with Gasteiger partial charge in [-0.15, -0.1) is 11.6 Å². The van der Waals surface area contributed by atoms with Gasteiger partial charge in [-0.1, -0.05) is 29.3 Å². The van der Waals surface area contributed by atoms with E-state index in [0.717, 1.165) is 0 Å². The molecule has 1 atom stereocenters. The molecule has 1 aromatic heterocycles. The quantitative estimate of drug-likeness (QED) is 0.540. The number of para-hydroxylation sites is 1. The summed E-state index contributed by atoms with van der Waals surface area (Å²) in [5, 5.41) is 0.237. The highest BCUT2D eigenvalue weighted by atomic mass is 35.5. The van der Waals surface area contributed by atoms with Crippen molar-refractivity contribution >= 4 is 45.8 Å². The van der Waals surface area contributed by atoms with Crippen LogP contribution in [0.1, 0.15) is 18.1 Å². The van der Waals surface area contributed by atoms with Gasteiger partial charge in [0.1, 0.15) is 11.6 Å². The van der Waals surface area contributed by atoms with Gasteiger partial charge < -0.3 is 0 Å². The number of rotatable bonds is 2. The maximum absolute atomic E-state index is 13.8. The van der Waals surface area contributed by atoms with Crippen molar-refractivity contribution in [1.82, 2.24) is 9.55 Å². The van der Waals surface area contributed by atoms with Crippen LogP contribution in [0.2, 0.25) is 10.0 Å². The van der Waals surface area contributed by atoms with Crippen molar-refractivity contribution in [3.8, 4) is 5.69 Å². The van der Waals surface area contributed by atoms with Crippen molar-refractivity contribution < 1.29 is 4.39 Å². The number of benzene rings is 2. The first-order valence-corrected chi connectivity index (χ1v) is 7.44. The summed E-state index contributed by atoms with van der Waals surface area (Å²) in [6.07, 6.45) is 0. The molecule has 3 aromatic rings. The molecule has 0 spiro atoms. The van der Waals surface area contributed by atoms with E-state index in [2.05, 4.69) is 4.98 Å². The normalized spacial score (nSPS) is 12.8. The predicted molar refractivity (Wildman–Crippen MR) is 85.3 cm³/mol. The van der Waals surface area contributed by atoms with E-state index in [0.29, 0.717) is 27.6 Å². The molecule has 0 aliphatic rings. The molecule has 21 heavy (non-hydrogen) atoms. The Morgan fingerprint density at radius 2 is 1.90 bits per heavy atom. The van der Waals surface area contributed by atoms with Crippen LogP contribution in [0.4, 0.5) is 4.39 Å². The summed E-state index contributed by atoms with van der Waals surface area (Å²) in [4.78, 5) is 4.49. The Morgan fingerprint density at radius 1 is 1.14 bits per heavy atom. The van der Waals surface area contributed by atoms with E-state index in [1.807, 2.05) is 12.1 Å². The standard InChI is InChI=1S/C15H10Cl3FN2/c1-8(16)15-20-13-4-2-3-11(18)14(13)21(15)9-5-6-10(17)12(19)7-9/h2-8H,1H3. The van der Waals surface area contributed by atoms with Crippen molar-refractivity contribution in [2.75, 3.05) is 0 Å². The minimum absolute atomic E-state index is 0.0646. The highest BCUT2D eigenvalue weighted by molar-refractivity contribution is 6.35. The lowest BCUT2D eigenvalue weighted by Gasteiger charge is -2.11. The predicted octanol–water partition coefficient (Wildman–Crippen LogP) is 5.77. The van der Waals surface area contributed by atoms with E-state index in [1.165, 1.54) is 12.1 Å². The fourth-order valence-electron chi connectivity index (χ4n) is 2.26. The van der Waals surface area contributed by atoms with Crippen molar-refractivity contribution in [2.45, 2.75) is 12.3 Å². The molecule has 2 nitrogen and oxygen atoms in total. The van der Waals surface area contributed by atoms with Crippen molar-refractivity contribution in [3.05, 3.63) is 58.1 Å². The van der Waals surface area contributed by atoms with Gasteiger partial charge in [0.05, 0.1) is 32.1 Å². The second-order valence-corrected chi connectivity index (χ2v) is 6.10. The third-order valence-corrected chi connectivity index (χ3v) is 3.98. The van der Waals surface area contributed by atoms with Gasteiger partial charge in [0.15, 0.2) is 0 Å². The minimum Gasteiger partial charge on any atom is -0.293 e. The van der Waals surface area contributed by atoms with Gasteiger partial charge in [-0.05, 0) is 37.3 Å². The Hall–Kier alpha value is -1.29. The summed E-state index contributed by atoms with van der Waals surface area (Å²) < 4.78 is 15.5. The number of imidazole rings is 1. The zero-order valence-corrected chi connectivity index (χ0v) is 13.2. The fraction of sp³-hybridized carbons (Fsp3) is 0.133. The topological polar surface area (TPSA) is 17.8 Å². The largest absolute Gasteiger partial charge is 0.293 e. The molecule has 0 N–H and O–H groups in total. The van der Waals surface area contributed by atoms with E-state index >= 15 is 0 Å². The van der Waals surface area contributed by atoms with Crippen molar-refractivity contribution in [3.63, 3.8) is 0 Å². The molecule has 0 amide bonds. The van der Waals surface area contributed by atoms with Crippen molar-refractivity contribution in [2.24, 2.45) is 0 Å². The molecule has 1 heterocycles. The highest BCUT2D eigenvalue weighted by Crippen LogP contribution is 2.32. The zero-order valence-electron chi connectivity index (χ0n) is 10.9. The number of aromatic nitrogens is 2. The number of fused-ring (bicyclic) bond motifs is 1. The maximum Gasteiger partial charge on any atom is 0.143 e. The van der Waals surface area contributed by atoms with Gasteiger partial charge in [0.25, 0.3) is 0 Å². The summed E-state index contributed by atoms with van der Waals surface area (Å²) in [6, 6.07) is 9.96. The van der Waals surface area contributed by atoms with Gasteiger partial charge in [-0.3, -0.25) is 4.57 Å². The van der Waals surface area contributed by atoms with E-state index < -0.39 is 5.82 Å². The first-order valence-electron chi connectivity index (χ1n) is 6.25. The number of hydrogen-bond donors (Lipinski definition) is 0. The summed E-state index contributed by atoms with van der Waals surface area (Å²) >= 11 is 18.2. The summed E-state index contributed by atoms with van der Waals surface area (Å²) in [6.45, 7) is 1.81. The van der Waals surface area contributed by atoms with E-state index in [9.17, 15) is 4.39 Å². The number of nitrogens with zero attached hydrogens (tertiary/aromatic N) is 2. The molecule has 0 radical (unpaired) electrons. The van der Waals surface area contributed by atoms with E-state index in [1.54, 1.807) is 23.6 Å². The van der Waals surface area contributed by atoms with Gasteiger partial charge >= 0.3 is 0 Å². The third kappa shape index (κ3) is 2.50. The molecule has 0 bridgehead atoms. The molecule has 0 saturated carbocycles. The zero-order chi connectivity index (χ0) is 15.1. The molecule has 1 unspecified atom stereocenters. The van der Waals surface area contributed by atoms with Gasteiger partial charge in [-0.2, -0.15) is 0 Å².